The maximum absolute atomic E-state index is 10.6. The smallest absolute Gasteiger partial charge is 0.333 e. The average molecular weight is 229 g/mol. The van der Waals surface area contributed by atoms with Crippen molar-refractivity contribution in [1.29, 1.82) is 0 Å². The fraction of sp³-hybridized carbons (Fsp3) is 0.333. The molecule has 0 saturated carbocycles. The van der Waals surface area contributed by atoms with Gasteiger partial charge in [0.2, 0.25) is 0 Å². The Bertz CT molecular complexity index is 469. The lowest BCUT2D eigenvalue weighted by atomic mass is 10.1. The van der Waals surface area contributed by atoms with Crippen molar-refractivity contribution >= 4 is 10.3 Å². The number of benzene rings is 1. The van der Waals surface area contributed by atoms with E-state index in [0.717, 1.165) is 23.3 Å². The highest BCUT2D eigenvalue weighted by molar-refractivity contribution is 7.84. The number of rotatable bonds is 3. The molecule has 5 nitrogen and oxygen atoms in total. The SMILES string of the molecule is NS(=O)(=O)OCc1ccc2c(c1)CCO2. The molecule has 0 radical (unpaired) electrons. The van der Waals surface area contributed by atoms with Gasteiger partial charge in [0.1, 0.15) is 5.75 Å². The van der Waals surface area contributed by atoms with Crippen molar-refractivity contribution in [3.05, 3.63) is 29.3 Å². The minimum absolute atomic E-state index is 0.0356. The minimum atomic E-state index is -3.87. The summed E-state index contributed by atoms with van der Waals surface area (Å²) in [5.74, 6) is 0.856. The molecule has 1 aliphatic heterocycles. The van der Waals surface area contributed by atoms with E-state index < -0.39 is 10.3 Å². The molecule has 0 aliphatic carbocycles. The first-order chi connectivity index (χ1) is 7.04. The van der Waals surface area contributed by atoms with Crippen LogP contribution in [0.1, 0.15) is 11.1 Å². The Balaban J connectivity index is 2.10. The van der Waals surface area contributed by atoms with Gasteiger partial charge in [-0.15, -0.1) is 0 Å². The van der Waals surface area contributed by atoms with Crippen molar-refractivity contribution in [2.45, 2.75) is 13.0 Å². The molecule has 15 heavy (non-hydrogen) atoms. The monoisotopic (exact) mass is 229 g/mol. The molecule has 1 aliphatic rings. The summed E-state index contributed by atoms with van der Waals surface area (Å²) in [4.78, 5) is 0. The Morgan fingerprint density at radius 1 is 1.47 bits per heavy atom. The Kier molecular flexibility index (Phi) is 2.64. The lowest BCUT2D eigenvalue weighted by Crippen LogP contribution is -2.15. The van der Waals surface area contributed by atoms with E-state index in [-0.39, 0.29) is 6.61 Å². The second kappa shape index (κ2) is 3.80. The first-order valence-electron chi connectivity index (χ1n) is 4.46. The molecule has 0 bridgehead atoms. The van der Waals surface area contributed by atoms with Crippen molar-refractivity contribution in [2.75, 3.05) is 6.61 Å². The van der Waals surface area contributed by atoms with Crippen molar-refractivity contribution in [2.24, 2.45) is 5.14 Å². The maximum Gasteiger partial charge on any atom is 0.333 e. The summed E-state index contributed by atoms with van der Waals surface area (Å²) >= 11 is 0. The molecular formula is C9H11NO4S. The van der Waals surface area contributed by atoms with Crippen molar-refractivity contribution in [3.8, 4) is 5.75 Å². The second-order valence-electron chi connectivity index (χ2n) is 3.30. The van der Waals surface area contributed by atoms with Crippen molar-refractivity contribution in [1.82, 2.24) is 0 Å². The molecule has 0 aromatic heterocycles. The van der Waals surface area contributed by atoms with Crippen LogP contribution in [0.4, 0.5) is 0 Å². The Hall–Kier alpha value is -1.11. The summed E-state index contributed by atoms with van der Waals surface area (Å²) < 4.78 is 30.9. The third-order valence-corrected chi connectivity index (χ3v) is 2.59. The summed E-state index contributed by atoms with van der Waals surface area (Å²) in [7, 11) is -3.87. The molecule has 1 heterocycles. The van der Waals surface area contributed by atoms with Gasteiger partial charge in [-0.2, -0.15) is 8.42 Å². The predicted octanol–water partition coefficient (Wildman–Crippen LogP) is 0.342. The first kappa shape index (κ1) is 10.4. The number of hydrogen-bond acceptors (Lipinski definition) is 4. The number of ether oxygens (including phenoxy) is 1. The largest absolute Gasteiger partial charge is 0.493 e. The number of fused-ring (bicyclic) bond motifs is 1. The Morgan fingerprint density at radius 2 is 2.27 bits per heavy atom. The third kappa shape index (κ3) is 2.68. The Morgan fingerprint density at radius 3 is 3.00 bits per heavy atom. The van der Waals surface area contributed by atoms with E-state index in [9.17, 15) is 8.42 Å². The topological polar surface area (TPSA) is 78.6 Å². The van der Waals surface area contributed by atoms with Gasteiger partial charge in [0, 0.05) is 6.42 Å². The quantitative estimate of drug-likeness (QED) is 0.810. The standard InChI is InChI=1S/C9H11NO4S/c10-15(11,12)14-6-7-1-2-9-8(5-7)3-4-13-9/h1-2,5H,3-4,6H2,(H2,10,11,12). The average Bonchev–Trinajstić information content (AvgIpc) is 2.60. The second-order valence-corrected chi connectivity index (χ2v) is 4.52. The molecule has 0 saturated heterocycles. The summed E-state index contributed by atoms with van der Waals surface area (Å²) in [6.45, 7) is 0.640. The highest BCUT2D eigenvalue weighted by atomic mass is 32.2. The molecule has 6 heteroatoms. The molecular weight excluding hydrogens is 218 g/mol. The molecule has 82 valence electrons. The van der Waals surface area contributed by atoms with Crippen LogP contribution in [0.2, 0.25) is 0 Å². The molecule has 0 fully saturated rings. The molecule has 0 atom stereocenters. The van der Waals surface area contributed by atoms with E-state index in [2.05, 4.69) is 4.18 Å². The van der Waals surface area contributed by atoms with Crippen molar-refractivity contribution < 1.29 is 17.3 Å². The Labute approximate surface area is 88.1 Å². The molecule has 2 N–H and O–H groups in total. The molecule has 1 aromatic rings. The van der Waals surface area contributed by atoms with E-state index in [0.29, 0.717) is 6.61 Å². The van der Waals surface area contributed by atoms with Crippen LogP contribution >= 0.6 is 0 Å². The normalized spacial score (nSPS) is 14.7. The predicted molar refractivity (Wildman–Crippen MR) is 53.5 cm³/mol. The third-order valence-electron chi connectivity index (χ3n) is 2.14. The van der Waals surface area contributed by atoms with Gasteiger partial charge in [-0.05, 0) is 23.3 Å². The van der Waals surface area contributed by atoms with Gasteiger partial charge in [-0.25, -0.2) is 5.14 Å². The van der Waals surface area contributed by atoms with Crippen LogP contribution in [-0.2, 0) is 27.5 Å². The molecule has 0 spiro atoms. The molecule has 2 rings (SSSR count). The maximum atomic E-state index is 10.6. The van der Waals surface area contributed by atoms with E-state index in [4.69, 9.17) is 9.88 Å². The van der Waals surface area contributed by atoms with Gasteiger partial charge < -0.3 is 4.74 Å². The highest BCUT2D eigenvalue weighted by Gasteiger charge is 2.12. The van der Waals surface area contributed by atoms with Gasteiger partial charge in [0.25, 0.3) is 0 Å². The zero-order valence-electron chi connectivity index (χ0n) is 7.97. The van der Waals surface area contributed by atoms with E-state index >= 15 is 0 Å². The van der Waals surface area contributed by atoms with Crippen LogP contribution in [0.5, 0.6) is 5.75 Å². The van der Waals surface area contributed by atoms with Gasteiger partial charge in [-0.3, -0.25) is 4.18 Å². The van der Waals surface area contributed by atoms with E-state index in [1.54, 1.807) is 6.07 Å². The van der Waals surface area contributed by atoms with E-state index in [1.165, 1.54) is 0 Å². The van der Waals surface area contributed by atoms with E-state index in [1.807, 2.05) is 12.1 Å². The van der Waals surface area contributed by atoms with Crippen LogP contribution in [0.25, 0.3) is 0 Å². The number of nitrogens with two attached hydrogens (primary N) is 1. The number of hydrogen-bond donors (Lipinski definition) is 1. The van der Waals surface area contributed by atoms with Crippen molar-refractivity contribution in [3.63, 3.8) is 0 Å². The highest BCUT2D eigenvalue weighted by Crippen LogP contribution is 2.26. The van der Waals surface area contributed by atoms with Gasteiger partial charge in [0.05, 0.1) is 13.2 Å². The van der Waals surface area contributed by atoms with Gasteiger partial charge >= 0.3 is 10.3 Å². The lowest BCUT2D eigenvalue weighted by molar-refractivity contribution is 0.308. The van der Waals surface area contributed by atoms with Gasteiger partial charge in [-0.1, -0.05) is 6.07 Å². The first-order valence-corrected chi connectivity index (χ1v) is 5.93. The summed E-state index contributed by atoms with van der Waals surface area (Å²) in [5, 5.41) is 4.72. The molecule has 0 amide bonds. The van der Waals surface area contributed by atoms with Crippen LogP contribution in [0.15, 0.2) is 18.2 Å². The van der Waals surface area contributed by atoms with Gasteiger partial charge in [0.15, 0.2) is 0 Å². The molecule has 1 aromatic carbocycles. The molecule has 0 unspecified atom stereocenters. The fourth-order valence-electron chi connectivity index (χ4n) is 1.48. The fourth-order valence-corrected chi connectivity index (χ4v) is 1.78. The zero-order chi connectivity index (χ0) is 10.9. The van der Waals surface area contributed by atoms with Crippen LogP contribution in [-0.4, -0.2) is 15.0 Å². The summed E-state index contributed by atoms with van der Waals surface area (Å²) in [6.07, 6.45) is 0.846. The minimum Gasteiger partial charge on any atom is -0.493 e. The lowest BCUT2D eigenvalue weighted by Gasteiger charge is -2.03. The summed E-state index contributed by atoms with van der Waals surface area (Å²) in [5.41, 5.74) is 1.85. The summed E-state index contributed by atoms with van der Waals surface area (Å²) in [6, 6.07) is 5.44. The van der Waals surface area contributed by atoms with Crippen LogP contribution < -0.4 is 9.88 Å². The zero-order valence-corrected chi connectivity index (χ0v) is 8.79. The van der Waals surface area contributed by atoms with Crippen LogP contribution in [0, 0.1) is 0 Å². The van der Waals surface area contributed by atoms with Crippen LogP contribution in [0.3, 0.4) is 0 Å².